The van der Waals surface area contributed by atoms with Gasteiger partial charge in [0.2, 0.25) is 0 Å². The van der Waals surface area contributed by atoms with E-state index < -0.39 is 0 Å². The van der Waals surface area contributed by atoms with Crippen LogP contribution in [-0.2, 0) is 0 Å². The van der Waals surface area contributed by atoms with Gasteiger partial charge in [0, 0.05) is 73.7 Å². The molecule has 9 aromatic carbocycles. The maximum Gasteiger partial charge on any atom is 0.143 e. The molecule has 0 saturated heterocycles. The molecule has 58 heavy (non-hydrogen) atoms. The third-order valence-corrected chi connectivity index (χ3v) is 13.9. The third-order valence-electron chi connectivity index (χ3n) is 11.5. The molecule has 12 rings (SSSR count). The van der Waals surface area contributed by atoms with Gasteiger partial charge < -0.3 is 9.32 Å². The van der Waals surface area contributed by atoms with Crippen molar-refractivity contribution in [2.45, 2.75) is 0 Å². The van der Waals surface area contributed by atoms with Crippen LogP contribution in [0, 0.1) is 0 Å². The molecule has 0 amide bonds. The maximum absolute atomic E-state index is 6.44. The molecule has 0 saturated carbocycles. The topological polar surface area (TPSA) is 16.4 Å². The number of para-hydroxylation sites is 2. The standard InChI is InChI=1S/C54H33NOS2/c1-4-22-49-43(13-1)46-19-8-16-40(52(46)56-49)34-25-29-37(30-26-34)55(38-31-27-35(28-32-38)41-17-9-20-47-44-14-2-5-23-50(44)57-53(41)47)39-12-7-11-36(33-39)42-18-10-21-48-45-15-3-6-24-51(45)58-54(42)48/h1-33H. The van der Waals surface area contributed by atoms with E-state index in [1.54, 1.807) is 0 Å². The Labute approximate surface area is 343 Å². The molecule has 0 spiro atoms. The SMILES string of the molecule is c1cc(-c2cccc3c2sc2ccccc23)cc(N(c2ccc(-c3cccc4c3oc3ccccc34)cc2)c2ccc(-c3cccc4c3sc3ccccc34)cc2)c1. The van der Waals surface area contributed by atoms with E-state index in [0.29, 0.717) is 0 Å². The van der Waals surface area contributed by atoms with Gasteiger partial charge in [-0.25, -0.2) is 0 Å². The minimum absolute atomic E-state index is 0.908. The van der Waals surface area contributed by atoms with Gasteiger partial charge in [0.25, 0.3) is 0 Å². The van der Waals surface area contributed by atoms with Crippen LogP contribution in [0.2, 0.25) is 0 Å². The van der Waals surface area contributed by atoms with Crippen molar-refractivity contribution in [2.24, 2.45) is 0 Å². The summed E-state index contributed by atoms with van der Waals surface area (Å²) >= 11 is 3.75. The quantitative estimate of drug-likeness (QED) is 0.167. The summed E-state index contributed by atoms with van der Waals surface area (Å²) in [5, 5.41) is 7.52. The van der Waals surface area contributed by atoms with E-state index in [1.165, 1.54) is 62.6 Å². The van der Waals surface area contributed by atoms with Gasteiger partial charge in [0.05, 0.1) is 0 Å². The van der Waals surface area contributed by atoms with Crippen molar-refractivity contribution in [3.63, 3.8) is 0 Å². The fourth-order valence-corrected chi connectivity index (χ4v) is 11.2. The lowest BCUT2D eigenvalue weighted by molar-refractivity contribution is 0.670. The summed E-state index contributed by atoms with van der Waals surface area (Å²) in [6.07, 6.45) is 0. The van der Waals surface area contributed by atoms with Crippen molar-refractivity contribution >= 4 is 102 Å². The summed E-state index contributed by atoms with van der Waals surface area (Å²) in [5.74, 6) is 0. The minimum Gasteiger partial charge on any atom is -0.455 e. The van der Waals surface area contributed by atoms with Crippen LogP contribution in [0.4, 0.5) is 17.1 Å². The lowest BCUT2D eigenvalue weighted by atomic mass is 10.00. The number of rotatable bonds is 6. The highest BCUT2D eigenvalue weighted by molar-refractivity contribution is 7.26. The van der Waals surface area contributed by atoms with Gasteiger partial charge in [0.15, 0.2) is 0 Å². The van der Waals surface area contributed by atoms with Crippen molar-refractivity contribution in [1.82, 2.24) is 0 Å². The molecule has 0 unspecified atom stereocenters. The van der Waals surface area contributed by atoms with E-state index in [1.807, 2.05) is 34.8 Å². The van der Waals surface area contributed by atoms with Crippen LogP contribution in [0.3, 0.4) is 0 Å². The predicted molar refractivity (Wildman–Crippen MR) is 250 cm³/mol. The summed E-state index contributed by atoms with van der Waals surface area (Å²) in [6, 6.07) is 72.6. The van der Waals surface area contributed by atoms with Crippen LogP contribution < -0.4 is 4.90 Å². The first-order chi connectivity index (χ1) is 28.7. The Kier molecular flexibility index (Phi) is 7.62. The predicted octanol–water partition coefficient (Wildman–Crippen LogP) is 16.8. The summed E-state index contributed by atoms with van der Waals surface area (Å²) in [4.78, 5) is 2.38. The molecule has 0 aliphatic heterocycles. The van der Waals surface area contributed by atoms with Crippen molar-refractivity contribution in [3.05, 3.63) is 200 Å². The number of thiophene rings is 2. The average molecular weight is 776 g/mol. The first kappa shape index (κ1) is 33.2. The smallest absolute Gasteiger partial charge is 0.143 e. The summed E-state index contributed by atoms with van der Waals surface area (Å²) in [5.41, 5.74) is 12.2. The average Bonchev–Trinajstić information content (AvgIpc) is 3.99. The number of anilines is 3. The van der Waals surface area contributed by atoms with Crippen LogP contribution in [0.25, 0.3) is 95.7 Å². The van der Waals surface area contributed by atoms with E-state index in [9.17, 15) is 0 Å². The Morgan fingerprint density at radius 3 is 1.45 bits per heavy atom. The first-order valence-electron chi connectivity index (χ1n) is 19.6. The van der Waals surface area contributed by atoms with Crippen LogP contribution in [-0.4, -0.2) is 0 Å². The van der Waals surface area contributed by atoms with Crippen LogP contribution in [0.15, 0.2) is 205 Å². The number of hydrogen-bond donors (Lipinski definition) is 0. The largest absolute Gasteiger partial charge is 0.455 e. The second kappa shape index (κ2) is 13.3. The molecule has 4 heteroatoms. The zero-order valence-corrected chi connectivity index (χ0v) is 32.9. The molecular formula is C54H33NOS2. The molecule has 0 aliphatic carbocycles. The van der Waals surface area contributed by atoms with Gasteiger partial charge in [-0.1, -0.05) is 146 Å². The zero-order valence-electron chi connectivity index (χ0n) is 31.2. The number of hydrogen-bond acceptors (Lipinski definition) is 4. The van der Waals surface area contributed by atoms with E-state index in [0.717, 1.165) is 50.1 Å². The second-order valence-electron chi connectivity index (χ2n) is 14.8. The lowest BCUT2D eigenvalue weighted by Gasteiger charge is -2.26. The molecule has 0 atom stereocenters. The van der Waals surface area contributed by atoms with Crippen molar-refractivity contribution in [3.8, 4) is 33.4 Å². The molecule has 3 heterocycles. The van der Waals surface area contributed by atoms with E-state index in [-0.39, 0.29) is 0 Å². The fraction of sp³-hybridized carbons (Fsp3) is 0. The Balaban J connectivity index is 0.988. The number of benzene rings is 9. The number of fused-ring (bicyclic) bond motifs is 9. The lowest BCUT2D eigenvalue weighted by Crippen LogP contribution is -2.10. The Morgan fingerprint density at radius 1 is 0.328 bits per heavy atom. The maximum atomic E-state index is 6.44. The van der Waals surface area contributed by atoms with Gasteiger partial charge in [-0.15, -0.1) is 22.7 Å². The van der Waals surface area contributed by atoms with Crippen molar-refractivity contribution in [2.75, 3.05) is 4.90 Å². The van der Waals surface area contributed by atoms with Crippen molar-refractivity contribution < 1.29 is 4.42 Å². The highest BCUT2D eigenvalue weighted by atomic mass is 32.1. The number of nitrogens with zero attached hydrogens (tertiary/aromatic N) is 1. The summed E-state index contributed by atoms with van der Waals surface area (Å²) in [7, 11) is 0. The summed E-state index contributed by atoms with van der Waals surface area (Å²) in [6.45, 7) is 0. The Hall–Kier alpha value is -6.98. The third kappa shape index (κ3) is 5.30. The number of furan rings is 1. The molecule has 3 aromatic heterocycles. The van der Waals surface area contributed by atoms with Crippen molar-refractivity contribution in [1.29, 1.82) is 0 Å². The fourth-order valence-electron chi connectivity index (χ4n) is 8.76. The highest BCUT2D eigenvalue weighted by Crippen LogP contribution is 2.45. The molecule has 0 bridgehead atoms. The second-order valence-corrected chi connectivity index (χ2v) is 16.9. The first-order valence-corrected chi connectivity index (χ1v) is 21.2. The summed E-state index contributed by atoms with van der Waals surface area (Å²) < 4.78 is 11.7. The molecule has 12 aromatic rings. The molecule has 0 fully saturated rings. The molecule has 272 valence electrons. The van der Waals surface area contributed by atoms with Gasteiger partial charge in [-0.05, 0) is 82.4 Å². The van der Waals surface area contributed by atoms with E-state index >= 15 is 0 Å². The molecule has 0 N–H and O–H groups in total. The van der Waals surface area contributed by atoms with E-state index in [2.05, 4.69) is 193 Å². The van der Waals surface area contributed by atoms with E-state index in [4.69, 9.17) is 4.42 Å². The van der Waals surface area contributed by atoms with Crippen LogP contribution in [0.5, 0.6) is 0 Å². The Morgan fingerprint density at radius 2 is 0.810 bits per heavy atom. The normalized spacial score (nSPS) is 11.8. The molecular weight excluding hydrogens is 743 g/mol. The molecule has 0 radical (unpaired) electrons. The van der Waals surface area contributed by atoms with Gasteiger partial charge in [-0.2, -0.15) is 0 Å². The zero-order chi connectivity index (χ0) is 38.2. The van der Waals surface area contributed by atoms with Gasteiger partial charge in [0.1, 0.15) is 11.2 Å². The Bertz CT molecular complexity index is 3360. The monoisotopic (exact) mass is 775 g/mol. The molecule has 0 aliphatic rings. The van der Waals surface area contributed by atoms with Crippen LogP contribution in [0.1, 0.15) is 0 Å². The van der Waals surface area contributed by atoms with Gasteiger partial charge >= 0.3 is 0 Å². The van der Waals surface area contributed by atoms with Gasteiger partial charge in [-0.3, -0.25) is 0 Å². The van der Waals surface area contributed by atoms with Crippen LogP contribution >= 0.6 is 22.7 Å². The molecule has 2 nitrogen and oxygen atoms in total. The highest BCUT2D eigenvalue weighted by Gasteiger charge is 2.18. The minimum atomic E-state index is 0.908.